The highest BCUT2D eigenvalue weighted by Gasteiger charge is 2.21. The maximum atomic E-state index is 4.03. The Bertz CT molecular complexity index is 305. The van der Waals surface area contributed by atoms with Crippen LogP contribution in [0.25, 0.3) is 0 Å². The number of aromatic nitrogens is 4. The standard InChI is InChI=1S/C9H16BrN5/c1-14-9(11-12-13-14)15-6-3-8(2-5-10)4-7-15/h8H,2-7H2,1H3. The molecule has 0 aromatic carbocycles. The molecule has 0 atom stereocenters. The van der Waals surface area contributed by atoms with Crippen molar-refractivity contribution in [2.45, 2.75) is 19.3 Å². The monoisotopic (exact) mass is 273 g/mol. The smallest absolute Gasteiger partial charge is 0.245 e. The van der Waals surface area contributed by atoms with E-state index >= 15 is 0 Å². The number of hydrogen-bond donors (Lipinski definition) is 0. The topological polar surface area (TPSA) is 46.8 Å². The Kier molecular flexibility index (Phi) is 3.56. The number of hydrogen-bond acceptors (Lipinski definition) is 4. The summed E-state index contributed by atoms with van der Waals surface area (Å²) in [6.07, 6.45) is 3.78. The van der Waals surface area contributed by atoms with Crippen LogP contribution in [0.3, 0.4) is 0 Å². The van der Waals surface area contributed by atoms with E-state index in [-0.39, 0.29) is 0 Å². The number of aryl methyl sites for hydroxylation is 1. The SMILES string of the molecule is Cn1nnnc1N1CCC(CCBr)CC1. The third-order valence-corrected chi connectivity index (χ3v) is 3.47. The molecule has 6 heteroatoms. The first-order valence-corrected chi connectivity index (χ1v) is 6.46. The number of tetrazole rings is 1. The molecule has 0 radical (unpaired) electrons. The van der Waals surface area contributed by atoms with Crippen molar-refractivity contribution in [1.29, 1.82) is 0 Å². The van der Waals surface area contributed by atoms with Crippen molar-refractivity contribution < 1.29 is 0 Å². The molecule has 2 rings (SSSR count). The van der Waals surface area contributed by atoms with Crippen LogP contribution in [-0.2, 0) is 7.05 Å². The first-order valence-electron chi connectivity index (χ1n) is 5.34. The van der Waals surface area contributed by atoms with E-state index in [1.807, 2.05) is 7.05 Å². The van der Waals surface area contributed by atoms with Gasteiger partial charge in [-0.1, -0.05) is 21.0 Å². The van der Waals surface area contributed by atoms with Crippen molar-refractivity contribution in [3.63, 3.8) is 0 Å². The lowest BCUT2D eigenvalue weighted by atomic mass is 9.95. The molecule has 15 heavy (non-hydrogen) atoms. The van der Waals surface area contributed by atoms with E-state index in [9.17, 15) is 0 Å². The van der Waals surface area contributed by atoms with Crippen molar-refractivity contribution in [1.82, 2.24) is 20.2 Å². The molecule has 84 valence electrons. The maximum absolute atomic E-state index is 4.03. The Balaban J connectivity index is 1.91. The van der Waals surface area contributed by atoms with E-state index in [2.05, 4.69) is 36.4 Å². The highest BCUT2D eigenvalue weighted by molar-refractivity contribution is 9.09. The van der Waals surface area contributed by atoms with Gasteiger partial charge in [-0.2, -0.15) is 0 Å². The third-order valence-electron chi connectivity index (χ3n) is 3.01. The van der Waals surface area contributed by atoms with Gasteiger partial charge in [-0.05, 0) is 35.6 Å². The minimum Gasteiger partial charge on any atom is -0.340 e. The quantitative estimate of drug-likeness (QED) is 0.777. The van der Waals surface area contributed by atoms with Crippen molar-refractivity contribution in [3.8, 4) is 0 Å². The highest BCUT2D eigenvalue weighted by atomic mass is 79.9. The predicted molar refractivity (Wildman–Crippen MR) is 62.1 cm³/mol. The van der Waals surface area contributed by atoms with E-state index in [1.165, 1.54) is 19.3 Å². The summed E-state index contributed by atoms with van der Waals surface area (Å²) in [4.78, 5) is 2.27. The number of anilines is 1. The third kappa shape index (κ3) is 2.48. The molecule has 1 saturated heterocycles. The molecule has 2 heterocycles. The van der Waals surface area contributed by atoms with E-state index in [0.29, 0.717) is 0 Å². The number of piperidine rings is 1. The summed E-state index contributed by atoms with van der Waals surface area (Å²) in [6, 6.07) is 0. The van der Waals surface area contributed by atoms with Gasteiger partial charge in [0.25, 0.3) is 0 Å². The average molecular weight is 274 g/mol. The molecule has 1 fully saturated rings. The van der Waals surface area contributed by atoms with Crippen LogP contribution < -0.4 is 4.90 Å². The first-order chi connectivity index (χ1) is 7.31. The van der Waals surface area contributed by atoms with Gasteiger partial charge in [-0.25, -0.2) is 4.68 Å². The minimum absolute atomic E-state index is 0.863. The van der Waals surface area contributed by atoms with Crippen LogP contribution in [0.5, 0.6) is 0 Å². The zero-order chi connectivity index (χ0) is 10.7. The fraction of sp³-hybridized carbons (Fsp3) is 0.889. The molecule has 0 bridgehead atoms. The number of rotatable bonds is 3. The molecule has 1 aliphatic rings. The summed E-state index contributed by atoms with van der Waals surface area (Å²) in [7, 11) is 1.89. The van der Waals surface area contributed by atoms with Crippen LogP contribution in [0, 0.1) is 5.92 Å². The minimum atomic E-state index is 0.863. The summed E-state index contributed by atoms with van der Waals surface area (Å²) in [6.45, 7) is 2.15. The molecule has 0 aliphatic carbocycles. The van der Waals surface area contributed by atoms with Crippen LogP contribution >= 0.6 is 15.9 Å². The van der Waals surface area contributed by atoms with Gasteiger partial charge < -0.3 is 4.90 Å². The Morgan fingerprint density at radius 2 is 2.13 bits per heavy atom. The van der Waals surface area contributed by atoms with Gasteiger partial charge >= 0.3 is 0 Å². The lowest BCUT2D eigenvalue weighted by molar-refractivity contribution is 0.393. The Morgan fingerprint density at radius 1 is 1.40 bits per heavy atom. The van der Waals surface area contributed by atoms with E-state index in [1.54, 1.807) is 4.68 Å². The van der Waals surface area contributed by atoms with Gasteiger partial charge in [0.2, 0.25) is 5.95 Å². The average Bonchev–Trinajstić information content (AvgIpc) is 2.66. The zero-order valence-corrected chi connectivity index (χ0v) is 10.5. The highest BCUT2D eigenvalue weighted by Crippen LogP contribution is 2.23. The lowest BCUT2D eigenvalue weighted by Crippen LogP contribution is -2.35. The second-order valence-electron chi connectivity index (χ2n) is 4.01. The molecular formula is C9H16BrN5. The van der Waals surface area contributed by atoms with Crippen molar-refractivity contribution in [2.75, 3.05) is 23.3 Å². The number of alkyl halides is 1. The molecular weight excluding hydrogens is 258 g/mol. The molecule has 0 N–H and O–H groups in total. The molecule has 1 aromatic rings. The molecule has 0 amide bonds. The van der Waals surface area contributed by atoms with Gasteiger partial charge in [0, 0.05) is 25.5 Å². The van der Waals surface area contributed by atoms with E-state index < -0.39 is 0 Å². The van der Waals surface area contributed by atoms with E-state index in [4.69, 9.17) is 0 Å². The number of nitrogens with zero attached hydrogens (tertiary/aromatic N) is 5. The first kappa shape index (κ1) is 10.9. The summed E-state index contributed by atoms with van der Waals surface area (Å²) in [5, 5.41) is 12.7. The van der Waals surface area contributed by atoms with Crippen LogP contribution in [0.2, 0.25) is 0 Å². The zero-order valence-electron chi connectivity index (χ0n) is 8.93. The second kappa shape index (κ2) is 4.92. The molecule has 1 aliphatic heterocycles. The molecule has 0 saturated carbocycles. The van der Waals surface area contributed by atoms with Crippen molar-refractivity contribution in [3.05, 3.63) is 0 Å². The molecule has 0 spiro atoms. The Morgan fingerprint density at radius 3 is 2.67 bits per heavy atom. The van der Waals surface area contributed by atoms with Gasteiger partial charge in [-0.3, -0.25) is 0 Å². The van der Waals surface area contributed by atoms with Crippen molar-refractivity contribution in [2.24, 2.45) is 13.0 Å². The second-order valence-corrected chi connectivity index (χ2v) is 4.80. The van der Waals surface area contributed by atoms with E-state index in [0.717, 1.165) is 30.3 Å². The fourth-order valence-corrected chi connectivity index (χ4v) is 2.72. The van der Waals surface area contributed by atoms with Gasteiger partial charge in [-0.15, -0.1) is 0 Å². The molecule has 0 unspecified atom stereocenters. The summed E-state index contributed by atoms with van der Waals surface area (Å²) >= 11 is 3.50. The summed E-state index contributed by atoms with van der Waals surface area (Å²) in [5.74, 6) is 1.76. The van der Waals surface area contributed by atoms with Crippen LogP contribution in [0.4, 0.5) is 5.95 Å². The van der Waals surface area contributed by atoms with Crippen LogP contribution in [-0.4, -0.2) is 38.6 Å². The predicted octanol–water partition coefficient (Wildman–Crippen LogP) is 1.21. The fourth-order valence-electron chi connectivity index (χ4n) is 2.07. The largest absolute Gasteiger partial charge is 0.340 e. The lowest BCUT2D eigenvalue weighted by Gasteiger charge is -2.31. The molecule has 5 nitrogen and oxygen atoms in total. The summed E-state index contributed by atoms with van der Waals surface area (Å²) < 4.78 is 1.74. The normalized spacial score (nSPS) is 18.4. The van der Waals surface area contributed by atoms with Crippen LogP contribution in [0.15, 0.2) is 0 Å². The van der Waals surface area contributed by atoms with Crippen LogP contribution in [0.1, 0.15) is 19.3 Å². The Labute approximate surface area is 98.0 Å². The van der Waals surface area contributed by atoms with Gasteiger partial charge in [0.1, 0.15) is 0 Å². The van der Waals surface area contributed by atoms with Gasteiger partial charge in [0.15, 0.2) is 0 Å². The maximum Gasteiger partial charge on any atom is 0.245 e. The molecule has 1 aromatic heterocycles. The number of halogens is 1. The van der Waals surface area contributed by atoms with Crippen molar-refractivity contribution >= 4 is 21.9 Å². The Hall–Kier alpha value is -0.650. The van der Waals surface area contributed by atoms with Gasteiger partial charge in [0.05, 0.1) is 0 Å². The summed E-state index contributed by atoms with van der Waals surface area (Å²) in [5.41, 5.74) is 0.